The van der Waals surface area contributed by atoms with Crippen molar-refractivity contribution in [3.63, 3.8) is 0 Å². The summed E-state index contributed by atoms with van der Waals surface area (Å²) in [5.74, 6) is -0.685. The Labute approximate surface area is 173 Å². The van der Waals surface area contributed by atoms with Crippen LogP contribution in [0.1, 0.15) is 32.6 Å². The Kier molecular flexibility index (Phi) is 5.03. The van der Waals surface area contributed by atoms with Gasteiger partial charge in [-0.15, -0.1) is 11.3 Å². The van der Waals surface area contributed by atoms with Gasteiger partial charge in [-0.3, -0.25) is 14.5 Å². The summed E-state index contributed by atoms with van der Waals surface area (Å²) < 4.78 is 0. The summed E-state index contributed by atoms with van der Waals surface area (Å²) in [6.45, 7) is 1.74. The van der Waals surface area contributed by atoms with Crippen molar-refractivity contribution in [3.8, 4) is 0 Å². The van der Waals surface area contributed by atoms with Crippen LogP contribution in [-0.4, -0.2) is 29.2 Å². The number of rotatable bonds is 6. The Hall–Kier alpha value is -3.25. The smallest absolute Gasteiger partial charge is 0.315 e. The van der Waals surface area contributed by atoms with Gasteiger partial charge in [0.2, 0.25) is 0 Å². The molecule has 6 heteroatoms. The highest BCUT2D eigenvalue weighted by atomic mass is 32.1. The molecular formula is C23H20N2O3S. The summed E-state index contributed by atoms with van der Waals surface area (Å²) >= 11 is 1.40. The zero-order valence-electron chi connectivity index (χ0n) is 15.9. The number of Topliss-reactive ketones (excluding diaryl/α,β-unsaturated/α-hetero) is 1. The van der Waals surface area contributed by atoms with Crippen LogP contribution < -0.4 is 5.32 Å². The molecule has 3 aromatic rings. The predicted molar refractivity (Wildman–Crippen MR) is 112 cm³/mol. The van der Waals surface area contributed by atoms with Crippen LogP contribution in [0.4, 0.5) is 4.79 Å². The minimum Gasteiger partial charge on any atom is -0.315 e. The number of hydrogen-bond acceptors (Lipinski definition) is 4. The van der Waals surface area contributed by atoms with E-state index in [1.165, 1.54) is 11.3 Å². The van der Waals surface area contributed by atoms with Crippen LogP contribution in [0.5, 0.6) is 0 Å². The van der Waals surface area contributed by atoms with Crippen LogP contribution in [-0.2, 0) is 16.8 Å². The fraction of sp³-hybridized carbons (Fsp3) is 0.174. The van der Waals surface area contributed by atoms with Gasteiger partial charge >= 0.3 is 6.03 Å². The standard InChI is InChI=1S/C23H20N2O3S/c1-2-18-13-14-20(29-18)19(26)15-25-21(27)23(24-22(25)28,16-9-5-3-6-10-16)17-11-7-4-8-12-17/h3-14H,2,15H2,1H3,(H,24,28). The quantitative estimate of drug-likeness (QED) is 0.499. The average Bonchev–Trinajstić information content (AvgIpc) is 3.34. The summed E-state index contributed by atoms with van der Waals surface area (Å²) in [4.78, 5) is 41.8. The number of ketones is 1. The van der Waals surface area contributed by atoms with Crippen LogP contribution in [0.15, 0.2) is 72.8 Å². The van der Waals surface area contributed by atoms with Crippen molar-refractivity contribution in [2.24, 2.45) is 0 Å². The topological polar surface area (TPSA) is 66.5 Å². The van der Waals surface area contributed by atoms with E-state index in [0.29, 0.717) is 16.0 Å². The lowest BCUT2D eigenvalue weighted by molar-refractivity contribution is -0.129. The molecule has 1 aliphatic heterocycles. The molecule has 2 aromatic carbocycles. The molecule has 1 N–H and O–H groups in total. The molecule has 0 saturated carbocycles. The van der Waals surface area contributed by atoms with Crippen LogP contribution in [0.25, 0.3) is 0 Å². The summed E-state index contributed by atoms with van der Waals surface area (Å²) in [6, 6.07) is 21.3. The van der Waals surface area contributed by atoms with Crippen molar-refractivity contribution >= 4 is 29.1 Å². The lowest BCUT2D eigenvalue weighted by Crippen LogP contribution is -2.45. The molecule has 5 nitrogen and oxygen atoms in total. The number of carbonyl (C=O) groups excluding carboxylic acids is 3. The summed E-state index contributed by atoms with van der Waals surface area (Å²) in [7, 11) is 0. The van der Waals surface area contributed by atoms with Gasteiger partial charge in [-0.1, -0.05) is 67.6 Å². The molecule has 1 aromatic heterocycles. The number of thiophene rings is 1. The highest BCUT2D eigenvalue weighted by Crippen LogP contribution is 2.36. The number of hydrogen-bond donors (Lipinski definition) is 1. The monoisotopic (exact) mass is 404 g/mol. The normalized spacial score (nSPS) is 15.4. The van der Waals surface area contributed by atoms with Gasteiger partial charge in [0.15, 0.2) is 11.3 Å². The van der Waals surface area contributed by atoms with Crippen molar-refractivity contribution in [1.82, 2.24) is 10.2 Å². The molecular weight excluding hydrogens is 384 g/mol. The second kappa shape index (κ2) is 7.64. The van der Waals surface area contributed by atoms with Gasteiger partial charge in [-0.25, -0.2) is 4.79 Å². The minimum absolute atomic E-state index is 0.241. The Morgan fingerprint density at radius 3 is 2.03 bits per heavy atom. The van der Waals surface area contributed by atoms with Gasteiger partial charge in [0.05, 0.1) is 11.4 Å². The molecule has 0 bridgehead atoms. The summed E-state index contributed by atoms with van der Waals surface area (Å²) in [5, 5.41) is 2.86. The van der Waals surface area contributed by atoms with Gasteiger partial charge in [0, 0.05) is 4.88 Å². The number of nitrogens with zero attached hydrogens (tertiary/aromatic N) is 1. The van der Waals surface area contributed by atoms with Crippen molar-refractivity contribution in [1.29, 1.82) is 0 Å². The molecule has 0 spiro atoms. The van der Waals surface area contributed by atoms with Crippen molar-refractivity contribution in [3.05, 3.63) is 93.7 Å². The third-order valence-corrected chi connectivity index (χ3v) is 6.38. The number of imide groups is 1. The van der Waals surface area contributed by atoms with Gasteiger partial charge in [0.25, 0.3) is 5.91 Å². The lowest BCUT2D eigenvalue weighted by atomic mass is 9.82. The first-order valence-corrected chi connectivity index (χ1v) is 10.2. The number of benzene rings is 2. The number of nitrogens with one attached hydrogen (secondary N) is 1. The highest BCUT2D eigenvalue weighted by Gasteiger charge is 2.54. The van der Waals surface area contributed by atoms with Crippen LogP contribution in [0.3, 0.4) is 0 Å². The maximum atomic E-state index is 13.6. The van der Waals surface area contributed by atoms with E-state index < -0.39 is 17.5 Å². The first-order chi connectivity index (χ1) is 14.1. The molecule has 146 valence electrons. The van der Waals surface area contributed by atoms with E-state index >= 15 is 0 Å². The Morgan fingerprint density at radius 2 is 1.52 bits per heavy atom. The molecule has 4 rings (SSSR count). The predicted octanol–water partition coefficient (Wildman–Crippen LogP) is 3.99. The lowest BCUT2D eigenvalue weighted by Gasteiger charge is -2.27. The molecule has 0 aliphatic carbocycles. The SMILES string of the molecule is CCc1ccc(C(=O)CN2C(=O)NC(c3ccccc3)(c3ccccc3)C2=O)s1. The summed E-state index contributed by atoms with van der Waals surface area (Å²) in [5.41, 5.74) is -0.0306. The maximum Gasteiger partial charge on any atom is 0.325 e. The van der Waals surface area contributed by atoms with E-state index in [-0.39, 0.29) is 12.3 Å². The van der Waals surface area contributed by atoms with E-state index in [1.54, 1.807) is 6.07 Å². The van der Waals surface area contributed by atoms with Crippen LogP contribution >= 0.6 is 11.3 Å². The third kappa shape index (κ3) is 3.25. The number of aryl methyl sites for hydroxylation is 1. The van der Waals surface area contributed by atoms with Gasteiger partial charge in [0.1, 0.15) is 0 Å². The fourth-order valence-corrected chi connectivity index (χ4v) is 4.47. The molecule has 1 fully saturated rings. The van der Waals surface area contributed by atoms with Crippen LogP contribution in [0, 0.1) is 0 Å². The largest absolute Gasteiger partial charge is 0.325 e. The Balaban J connectivity index is 1.71. The summed E-state index contributed by atoms with van der Waals surface area (Å²) in [6.07, 6.45) is 0.839. The molecule has 0 unspecified atom stereocenters. The van der Waals surface area contributed by atoms with Gasteiger partial charge in [-0.2, -0.15) is 0 Å². The van der Waals surface area contributed by atoms with E-state index in [2.05, 4.69) is 5.32 Å². The van der Waals surface area contributed by atoms with E-state index in [9.17, 15) is 14.4 Å². The zero-order valence-corrected chi connectivity index (χ0v) is 16.7. The number of carbonyl (C=O) groups is 3. The van der Waals surface area contributed by atoms with Crippen LogP contribution in [0.2, 0.25) is 0 Å². The van der Waals surface area contributed by atoms with Crippen molar-refractivity contribution < 1.29 is 14.4 Å². The maximum absolute atomic E-state index is 13.6. The Morgan fingerprint density at radius 1 is 0.931 bits per heavy atom. The van der Waals surface area contributed by atoms with E-state index in [0.717, 1.165) is 16.2 Å². The molecule has 0 radical (unpaired) electrons. The number of urea groups is 1. The highest BCUT2D eigenvalue weighted by molar-refractivity contribution is 7.14. The third-order valence-electron chi connectivity index (χ3n) is 5.11. The van der Waals surface area contributed by atoms with E-state index in [1.807, 2.05) is 73.7 Å². The molecule has 0 atom stereocenters. The molecule has 1 saturated heterocycles. The van der Waals surface area contributed by atoms with Crippen molar-refractivity contribution in [2.75, 3.05) is 6.54 Å². The first-order valence-electron chi connectivity index (χ1n) is 9.43. The van der Waals surface area contributed by atoms with Crippen molar-refractivity contribution in [2.45, 2.75) is 18.9 Å². The first kappa shape index (κ1) is 19.1. The average molecular weight is 404 g/mol. The fourth-order valence-electron chi connectivity index (χ4n) is 3.59. The molecule has 3 amide bonds. The van der Waals surface area contributed by atoms with Gasteiger partial charge < -0.3 is 5.32 Å². The number of amides is 3. The van der Waals surface area contributed by atoms with Gasteiger partial charge in [-0.05, 0) is 29.7 Å². The molecule has 1 aliphatic rings. The second-order valence-corrected chi connectivity index (χ2v) is 8.01. The molecule has 29 heavy (non-hydrogen) atoms. The zero-order chi connectivity index (χ0) is 20.4. The minimum atomic E-state index is -1.34. The van der Waals surface area contributed by atoms with E-state index in [4.69, 9.17) is 0 Å². The molecule has 2 heterocycles. The Bertz CT molecular complexity index is 1020. The second-order valence-electron chi connectivity index (χ2n) is 6.85.